The largest absolute Gasteiger partial charge is 0.363 e. The minimum Gasteiger partial charge on any atom is -0.363 e. The molecule has 5 nitrogen and oxygen atoms in total. The standard InChI is InChI=1S/C12H10ClN5/c13-12-16-10(11-14-6-7-18(11)17-12)15-8-9-4-2-1-3-5-9/h1-7H,8H2,(H,15,16,17). The van der Waals surface area contributed by atoms with Gasteiger partial charge in [-0.05, 0) is 17.2 Å². The number of aromatic nitrogens is 4. The van der Waals surface area contributed by atoms with Crippen LogP contribution in [0.15, 0.2) is 42.7 Å². The second kappa shape index (κ2) is 4.62. The predicted molar refractivity (Wildman–Crippen MR) is 69.6 cm³/mol. The molecular weight excluding hydrogens is 250 g/mol. The quantitative estimate of drug-likeness (QED) is 0.785. The van der Waals surface area contributed by atoms with Gasteiger partial charge >= 0.3 is 0 Å². The molecule has 3 rings (SSSR count). The van der Waals surface area contributed by atoms with Crippen LogP contribution in [0.5, 0.6) is 0 Å². The number of hydrogen-bond donors (Lipinski definition) is 1. The molecule has 2 heterocycles. The normalized spacial score (nSPS) is 10.7. The van der Waals surface area contributed by atoms with Crippen molar-refractivity contribution in [2.45, 2.75) is 6.54 Å². The number of nitrogens with zero attached hydrogens (tertiary/aromatic N) is 4. The van der Waals surface area contributed by atoms with Crippen molar-refractivity contribution in [3.8, 4) is 0 Å². The van der Waals surface area contributed by atoms with E-state index in [0.29, 0.717) is 18.0 Å². The molecule has 0 aliphatic rings. The van der Waals surface area contributed by atoms with Crippen LogP contribution >= 0.6 is 11.6 Å². The first-order valence-electron chi connectivity index (χ1n) is 5.47. The Morgan fingerprint density at radius 1 is 1.22 bits per heavy atom. The number of halogens is 1. The van der Waals surface area contributed by atoms with Crippen LogP contribution in [0, 0.1) is 0 Å². The monoisotopic (exact) mass is 259 g/mol. The maximum atomic E-state index is 5.85. The lowest BCUT2D eigenvalue weighted by Crippen LogP contribution is -2.05. The lowest BCUT2D eigenvalue weighted by atomic mass is 10.2. The number of rotatable bonds is 3. The third kappa shape index (κ3) is 2.12. The summed E-state index contributed by atoms with van der Waals surface area (Å²) >= 11 is 5.85. The van der Waals surface area contributed by atoms with E-state index in [9.17, 15) is 0 Å². The molecule has 0 unspecified atom stereocenters. The molecule has 1 N–H and O–H groups in total. The summed E-state index contributed by atoms with van der Waals surface area (Å²) in [6, 6.07) is 10.1. The first-order chi connectivity index (χ1) is 8.83. The molecule has 90 valence electrons. The third-order valence-electron chi connectivity index (χ3n) is 2.53. The van der Waals surface area contributed by atoms with E-state index >= 15 is 0 Å². The first kappa shape index (κ1) is 11.0. The van der Waals surface area contributed by atoms with Crippen LogP contribution in [-0.2, 0) is 6.54 Å². The molecule has 0 aliphatic carbocycles. The number of hydrogen-bond acceptors (Lipinski definition) is 4. The van der Waals surface area contributed by atoms with Crippen molar-refractivity contribution in [1.29, 1.82) is 0 Å². The lowest BCUT2D eigenvalue weighted by Gasteiger charge is -2.06. The molecule has 0 amide bonds. The van der Waals surface area contributed by atoms with Gasteiger partial charge in [0.1, 0.15) is 0 Å². The summed E-state index contributed by atoms with van der Waals surface area (Å²) < 4.78 is 1.60. The van der Waals surface area contributed by atoms with Gasteiger partial charge in [0.15, 0.2) is 11.5 Å². The average molecular weight is 260 g/mol. The van der Waals surface area contributed by atoms with Crippen molar-refractivity contribution < 1.29 is 0 Å². The Bertz CT molecular complexity index is 665. The average Bonchev–Trinajstić information content (AvgIpc) is 2.85. The minimum atomic E-state index is 0.191. The van der Waals surface area contributed by atoms with Gasteiger partial charge < -0.3 is 5.32 Å². The molecule has 2 aromatic heterocycles. The van der Waals surface area contributed by atoms with Crippen LogP contribution in [0.25, 0.3) is 5.65 Å². The van der Waals surface area contributed by atoms with E-state index in [0.717, 1.165) is 5.56 Å². The molecule has 0 fully saturated rings. The summed E-state index contributed by atoms with van der Waals surface area (Å²) in [4.78, 5) is 8.34. The SMILES string of the molecule is Clc1nc(NCc2ccccc2)c2nccn2n1. The van der Waals surface area contributed by atoms with Crippen LogP contribution in [0.3, 0.4) is 0 Å². The van der Waals surface area contributed by atoms with Crippen LogP contribution < -0.4 is 5.32 Å². The van der Waals surface area contributed by atoms with Gasteiger partial charge in [0.05, 0.1) is 0 Å². The fourth-order valence-corrected chi connectivity index (χ4v) is 1.87. The highest BCUT2D eigenvalue weighted by molar-refractivity contribution is 6.28. The summed E-state index contributed by atoms with van der Waals surface area (Å²) in [5.41, 5.74) is 1.83. The molecule has 18 heavy (non-hydrogen) atoms. The molecule has 6 heteroatoms. The van der Waals surface area contributed by atoms with E-state index in [1.54, 1.807) is 16.9 Å². The Balaban J connectivity index is 1.88. The summed E-state index contributed by atoms with van der Waals surface area (Å²) in [6.07, 6.45) is 3.39. The van der Waals surface area contributed by atoms with E-state index in [1.165, 1.54) is 0 Å². The molecule has 0 radical (unpaired) electrons. The zero-order valence-electron chi connectivity index (χ0n) is 9.42. The zero-order chi connectivity index (χ0) is 12.4. The van der Waals surface area contributed by atoms with Gasteiger partial charge in [0.25, 0.3) is 0 Å². The van der Waals surface area contributed by atoms with E-state index < -0.39 is 0 Å². The second-order valence-corrected chi connectivity index (χ2v) is 4.10. The maximum Gasteiger partial charge on any atom is 0.243 e. The molecule has 1 aromatic carbocycles. The molecule has 3 aromatic rings. The molecule has 0 bridgehead atoms. The fraction of sp³-hybridized carbons (Fsp3) is 0.0833. The van der Waals surface area contributed by atoms with E-state index in [-0.39, 0.29) is 5.28 Å². The van der Waals surface area contributed by atoms with Gasteiger partial charge in [-0.15, -0.1) is 5.10 Å². The summed E-state index contributed by atoms with van der Waals surface area (Å²) in [5, 5.41) is 7.42. The highest BCUT2D eigenvalue weighted by Crippen LogP contribution is 2.14. The number of anilines is 1. The Labute approximate surface area is 108 Å². The van der Waals surface area contributed by atoms with Crippen LogP contribution in [0.1, 0.15) is 5.56 Å². The molecule has 0 saturated heterocycles. The Kier molecular flexibility index (Phi) is 2.82. The van der Waals surface area contributed by atoms with Gasteiger partial charge in [-0.1, -0.05) is 30.3 Å². The number of fused-ring (bicyclic) bond motifs is 1. The summed E-state index contributed by atoms with van der Waals surface area (Å²) in [7, 11) is 0. The lowest BCUT2D eigenvalue weighted by molar-refractivity contribution is 0.895. The molecule has 0 spiro atoms. The van der Waals surface area contributed by atoms with E-state index in [2.05, 4.69) is 20.4 Å². The smallest absolute Gasteiger partial charge is 0.243 e. The Hall–Kier alpha value is -2.14. The Morgan fingerprint density at radius 2 is 2.06 bits per heavy atom. The minimum absolute atomic E-state index is 0.191. The fourth-order valence-electron chi connectivity index (χ4n) is 1.70. The van der Waals surface area contributed by atoms with Crippen molar-refractivity contribution in [3.63, 3.8) is 0 Å². The van der Waals surface area contributed by atoms with Gasteiger partial charge in [-0.3, -0.25) is 0 Å². The molecular formula is C12H10ClN5. The zero-order valence-corrected chi connectivity index (χ0v) is 10.2. The molecule has 0 saturated carbocycles. The summed E-state index contributed by atoms with van der Waals surface area (Å²) in [6.45, 7) is 0.663. The third-order valence-corrected chi connectivity index (χ3v) is 2.69. The van der Waals surface area contributed by atoms with E-state index in [1.807, 2.05) is 30.3 Å². The molecule has 0 aliphatic heterocycles. The topological polar surface area (TPSA) is 55.1 Å². The highest BCUT2D eigenvalue weighted by atomic mass is 35.5. The van der Waals surface area contributed by atoms with Crippen molar-refractivity contribution in [2.24, 2.45) is 0 Å². The summed E-state index contributed by atoms with van der Waals surface area (Å²) in [5.74, 6) is 0.629. The van der Waals surface area contributed by atoms with Gasteiger partial charge in [-0.2, -0.15) is 4.98 Å². The van der Waals surface area contributed by atoms with Crippen molar-refractivity contribution in [2.75, 3.05) is 5.32 Å². The van der Waals surface area contributed by atoms with Gasteiger partial charge in [0, 0.05) is 18.9 Å². The van der Waals surface area contributed by atoms with Crippen LogP contribution in [0.4, 0.5) is 5.82 Å². The van der Waals surface area contributed by atoms with Crippen LogP contribution in [-0.4, -0.2) is 19.6 Å². The van der Waals surface area contributed by atoms with Crippen molar-refractivity contribution in [1.82, 2.24) is 19.6 Å². The highest BCUT2D eigenvalue weighted by Gasteiger charge is 2.07. The van der Waals surface area contributed by atoms with Gasteiger partial charge in [0.2, 0.25) is 5.28 Å². The Morgan fingerprint density at radius 3 is 2.89 bits per heavy atom. The van der Waals surface area contributed by atoms with E-state index in [4.69, 9.17) is 11.6 Å². The van der Waals surface area contributed by atoms with Crippen LogP contribution in [0.2, 0.25) is 5.28 Å². The van der Waals surface area contributed by atoms with Crippen molar-refractivity contribution in [3.05, 3.63) is 53.6 Å². The molecule has 0 atom stereocenters. The second-order valence-electron chi connectivity index (χ2n) is 3.76. The number of benzene rings is 1. The number of imidazole rings is 1. The predicted octanol–water partition coefficient (Wildman–Crippen LogP) is 2.39. The van der Waals surface area contributed by atoms with Crippen molar-refractivity contribution >= 4 is 23.1 Å². The first-order valence-corrected chi connectivity index (χ1v) is 5.85. The maximum absolute atomic E-state index is 5.85. The number of nitrogens with one attached hydrogen (secondary N) is 1. The van der Waals surface area contributed by atoms with Gasteiger partial charge in [-0.25, -0.2) is 9.50 Å².